The number of thioether (sulfide) groups is 1. The molecule has 1 aromatic heterocycles. The minimum atomic E-state index is -0.227. The van der Waals surface area contributed by atoms with Crippen LogP contribution in [0.25, 0.3) is 20.5 Å². The summed E-state index contributed by atoms with van der Waals surface area (Å²) < 4.78 is 1.15. The molecular formula is C23H25N3O2S2. The predicted molar refractivity (Wildman–Crippen MR) is 132 cm³/mol. The molecule has 2 aromatic carbocycles. The Morgan fingerprint density at radius 2 is 2.03 bits per heavy atom. The molecular weight excluding hydrogens is 414 g/mol. The van der Waals surface area contributed by atoms with E-state index in [9.17, 15) is 9.59 Å². The first-order valence-corrected chi connectivity index (χ1v) is 11.4. The summed E-state index contributed by atoms with van der Waals surface area (Å²) in [5.41, 5.74) is 8.72. The summed E-state index contributed by atoms with van der Waals surface area (Å²) in [7, 11) is 0. The van der Waals surface area contributed by atoms with E-state index in [1.807, 2.05) is 30.3 Å². The zero-order chi connectivity index (χ0) is 21.1. The van der Waals surface area contributed by atoms with Crippen LogP contribution < -0.4 is 11.1 Å². The lowest BCUT2D eigenvalue weighted by Crippen LogP contribution is -2.14. The van der Waals surface area contributed by atoms with Crippen LogP contribution in [0.5, 0.6) is 0 Å². The van der Waals surface area contributed by atoms with Gasteiger partial charge in [-0.1, -0.05) is 24.3 Å². The third-order valence-electron chi connectivity index (χ3n) is 4.90. The standard InChI is InChI=1S/C23H21N3O2S2.2H2/c24-13-15-10-16(26-22(28)8-7-18(27)20-6-3-9-29-20)12-17(23(15)25)21-11-14-4-1-2-5-19(14)30-21;;/h1-2,4-6,10-13,24H,3,7-9,25H2,(H,26,28);2*1H. The van der Waals surface area contributed by atoms with Crippen LogP contribution in [0.1, 0.15) is 27.7 Å². The molecule has 0 radical (unpaired) electrons. The summed E-state index contributed by atoms with van der Waals surface area (Å²) in [4.78, 5) is 26.3. The van der Waals surface area contributed by atoms with Gasteiger partial charge in [0.2, 0.25) is 5.91 Å². The summed E-state index contributed by atoms with van der Waals surface area (Å²) >= 11 is 3.17. The molecule has 30 heavy (non-hydrogen) atoms. The first-order valence-electron chi connectivity index (χ1n) is 9.64. The van der Waals surface area contributed by atoms with Crippen LogP contribution >= 0.6 is 23.1 Å². The highest BCUT2D eigenvalue weighted by Gasteiger charge is 2.17. The molecule has 0 bridgehead atoms. The third kappa shape index (κ3) is 4.32. The number of nitrogens with two attached hydrogens (primary N) is 1. The summed E-state index contributed by atoms with van der Waals surface area (Å²) in [6, 6.07) is 13.7. The number of allylic oxidation sites excluding steroid dienone is 2. The van der Waals surface area contributed by atoms with E-state index in [0.29, 0.717) is 16.9 Å². The molecule has 0 spiro atoms. The van der Waals surface area contributed by atoms with Crippen molar-refractivity contribution in [2.75, 3.05) is 16.8 Å². The van der Waals surface area contributed by atoms with Gasteiger partial charge in [-0.2, -0.15) is 0 Å². The van der Waals surface area contributed by atoms with Gasteiger partial charge in [0.25, 0.3) is 0 Å². The molecule has 0 saturated heterocycles. The van der Waals surface area contributed by atoms with Crippen LogP contribution in [0.15, 0.2) is 53.4 Å². The molecule has 0 saturated carbocycles. The molecule has 5 nitrogen and oxygen atoms in total. The van der Waals surface area contributed by atoms with Crippen molar-refractivity contribution in [3.63, 3.8) is 0 Å². The van der Waals surface area contributed by atoms with Crippen LogP contribution in [-0.2, 0) is 9.59 Å². The molecule has 1 aliphatic rings. The van der Waals surface area contributed by atoms with E-state index < -0.39 is 0 Å². The minimum Gasteiger partial charge on any atom is -0.398 e. The molecule has 0 fully saturated rings. The highest BCUT2D eigenvalue weighted by molar-refractivity contribution is 8.04. The quantitative estimate of drug-likeness (QED) is 0.313. The summed E-state index contributed by atoms with van der Waals surface area (Å²) in [6.45, 7) is 0. The predicted octanol–water partition coefficient (Wildman–Crippen LogP) is 5.95. The molecule has 7 heteroatoms. The van der Waals surface area contributed by atoms with E-state index in [2.05, 4.69) is 17.4 Å². The fraction of sp³-hybridized carbons (Fsp3) is 0.174. The number of hydrogen-bond donors (Lipinski definition) is 3. The van der Waals surface area contributed by atoms with E-state index in [0.717, 1.165) is 37.6 Å². The molecule has 0 aliphatic carbocycles. The molecule has 4 N–H and O–H groups in total. The Bertz CT molecular complexity index is 1160. The van der Waals surface area contributed by atoms with Gasteiger partial charge in [-0.3, -0.25) is 9.59 Å². The van der Waals surface area contributed by atoms with Crippen molar-refractivity contribution in [2.24, 2.45) is 0 Å². The van der Waals surface area contributed by atoms with Crippen LogP contribution in [-0.4, -0.2) is 23.7 Å². The molecule has 4 rings (SSSR count). The van der Waals surface area contributed by atoms with Crippen molar-refractivity contribution < 1.29 is 12.4 Å². The Morgan fingerprint density at radius 1 is 1.20 bits per heavy atom. The van der Waals surface area contributed by atoms with Crippen molar-refractivity contribution in [3.05, 3.63) is 59.0 Å². The number of thiophene rings is 1. The van der Waals surface area contributed by atoms with Gasteiger partial charge >= 0.3 is 0 Å². The van der Waals surface area contributed by atoms with E-state index >= 15 is 0 Å². The van der Waals surface area contributed by atoms with Crippen LogP contribution in [0, 0.1) is 5.41 Å². The van der Waals surface area contributed by atoms with Gasteiger partial charge in [0.05, 0.1) is 0 Å². The highest BCUT2D eigenvalue weighted by Crippen LogP contribution is 2.39. The zero-order valence-electron chi connectivity index (χ0n) is 16.2. The maximum absolute atomic E-state index is 12.4. The Kier molecular flexibility index (Phi) is 6.01. The zero-order valence-corrected chi connectivity index (χ0v) is 17.9. The van der Waals surface area contributed by atoms with Crippen LogP contribution in [0.2, 0.25) is 0 Å². The minimum absolute atomic E-state index is 0. The Hall–Kier alpha value is -2.90. The third-order valence-corrected chi connectivity index (χ3v) is 7.20. The summed E-state index contributed by atoms with van der Waals surface area (Å²) in [6.07, 6.45) is 4.36. The number of hydrogen-bond acceptors (Lipinski definition) is 6. The van der Waals surface area contributed by atoms with E-state index in [1.54, 1.807) is 29.2 Å². The number of rotatable bonds is 7. The van der Waals surface area contributed by atoms with Gasteiger partial charge in [-0.05, 0) is 36.1 Å². The lowest BCUT2D eigenvalue weighted by Gasteiger charge is -2.12. The number of carbonyl (C=O) groups excluding carboxylic acids is 2. The van der Waals surface area contributed by atoms with Crippen LogP contribution in [0.4, 0.5) is 11.4 Å². The van der Waals surface area contributed by atoms with Gasteiger partial charge < -0.3 is 16.5 Å². The lowest BCUT2D eigenvalue weighted by atomic mass is 10.0. The van der Waals surface area contributed by atoms with E-state index in [1.165, 1.54) is 6.21 Å². The van der Waals surface area contributed by atoms with Crippen molar-refractivity contribution >= 4 is 62.5 Å². The SMILES string of the molecule is N=Cc1cc(NC(=O)CCC(=O)C2=CCCS2)cc(-c2cc3ccccc3s2)c1N.[HH].[HH]. The number of benzene rings is 2. The lowest BCUT2D eigenvalue weighted by molar-refractivity contribution is -0.120. The molecule has 3 aromatic rings. The van der Waals surface area contributed by atoms with Gasteiger partial charge in [0, 0.05) is 64.6 Å². The van der Waals surface area contributed by atoms with Crippen molar-refractivity contribution in [2.45, 2.75) is 19.3 Å². The number of anilines is 2. The number of ketones is 1. The van der Waals surface area contributed by atoms with Gasteiger partial charge in [0.15, 0.2) is 5.78 Å². The molecule has 2 heterocycles. The average Bonchev–Trinajstić information content (AvgIpc) is 3.43. The van der Waals surface area contributed by atoms with Crippen molar-refractivity contribution in [1.82, 2.24) is 0 Å². The maximum Gasteiger partial charge on any atom is 0.224 e. The van der Waals surface area contributed by atoms with Gasteiger partial charge in [-0.15, -0.1) is 23.1 Å². The first kappa shape index (κ1) is 20.4. The topological polar surface area (TPSA) is 96.0 Å². The second-order valence-corrected chi connectivity index (χ2v) is 9.22. The second-order valence-electron chi connectivity index (χ2n) is 7.00. The normalized spacial score (nSPS) is 13.3. The van der Waals surface area contributed by atoms with E-state index in [4.69, 9.17) is 11.1 Å². The number of Topliss-reactive ketones (excluding diaryl/α,β-unsaturated/α-hetero) is 1. The largest absolute Gasteiger partial charge is 0.398 e. The fourth-order valence-corrected chi connectivity index (χ4v) is 5.42. The molecule has 1 amide bonds. The van der Waals surface area contributed by atoms with Gasteiger partial charge in [-0.25, -0.2) is 0 Å². The number of nitrogen functional groups attached to an aromatic ring is 1. The second kappa shape index (κ2) is 8.85. The summed E-state index contributed by atoms with van der Waals surface area (Å²) in [5.74, 6) is 0.733. The smallest absolute Gasteiger partial charge is 0.224 e. The first-order chi connectivity index (χ1) is 14.5. The van der Waals surface area contributed by atoms with E-state index in [-0.39, 0.29) is 27.4 Å². The Labute approximate surface area is 185 Å². The average molecular weight is 440 g/mol. The van der Waals surface area contributed by atoms with Crippen LogP contribution in [0.3, 0.4) is 0 Å². The maximum atomic E-state index is 12.4. The molecule has 156 valence electrons. The highest BCUT2D eigenvalue weighted by atomic mass is 32.2. The fourth-order valence-electron chi connectivity index (χ4n) is 3.37. The van der Waals surface area contributed by atoms with Crippen molar-refractivity contribution in [3.8, 4) is 10.4 Å². The number of nitrogens with one attached hydrogen (secondary N) is 2. The molecule has 0 unspecified atom stereocenters. The molecule has 1 aliphatic heterocycles. The molecule has 0 atom stereocenters. The number of amides is 1. The summed E-state index contributed by atoms with van der Waals surface area (Å²) in [5, 5.41) is 11.7. The monoisotopic (exact) mass is 439 g/mol. The van der Waals surface area contributed by atoms with Crippen molar-refractivity contribution in [1.29, 1.82) is 5.41 Å². The Morgan fingerprint density at radius 3 is 2.77 bits per heavy atom. The Balaban J connectivity index is 0.00000181. The number of carbonyl (C=O) groups is 2. The van der Waals surface area contributed by atoms with Gasteiger partial charge in [0.1, 0.15) is 0 Å². The number of fused-ring (bicyclic) bond motifs is 1.